The number of ether oxygens (including phenoxy) is 1. The Morgan fingerprint density at radius 1 is 1.24 bits per heavy atom. The molecule has 2 aromatic heterocycles. The topological polar surface area (TPSA) is 60.3 Å². The number of nitrogens with zero attached hydrogens (tertiary/aromatic N) is 4. The fourth-order valence-electron chi connectivity index (χ4n) is 4.28. The summed E-state index contributed by atoms with van der Waals surface area (Å²) in [4.78, 5) is 16.1. The molecule has 1 saturated carbocycles. The summed E-state index contributed by atoms with van der Waals surface area (Å²) in [5, 5.41) is 11.9. The van der Waals surface area contributed by atoms with Gasteiger partial charge in [0.05, 0.1) is 25.0 Å². The highest BCUT2D eigenvalue weighted by atomic mass is 32.2. The number of hydrogen-bond donors (Lipinski definition) is 0. The Morgan fingerprint density at radius 2 is 2.06 bits per heavy atom. The molecule has 8 heteroatoms. The normalized spacial score (nSPS) is 14.2. The molecule has 0 N–H and O–H groups in total. The minimum Gasteiger partial charge on any atom is -0.496 e. The summed E-state index contributed by atoms with van der Waals surface area (Å²) < 4.78 is 7.84. The first-order valence-corrected chi connectivity index (χ1v) is 13.2. The van der Waals surface area contributed by atoms with Crippen LogP contribution >= 0.6 is 23.1 Å². The van der Waals surface area contributed by atoms with Crippen LogP contribution < -0.4 is 4.74 Å². The highest BCUT2D eigenvalue weighted by molar-refractivity contribution is 7.99. The van der Waals surface area contributed by atoms with Crippen molar-refractivity contribution in [2.24, 2.45) is 0 Å². The van der Waals surface area contributed by atoms with Gasteiger partial charge in [0, 0.05) is 17.5 Å². The molecule has 0 aliphatic heterocycles. The number of benzene rings is 1. The van der Waals surface area contributed by atoms with Gasteiger partial charge in [0.25, 0.3) is 0 Å². The van der Waals surface area contributed by atoms with Crippen LogP contribution in [0.1, 0.15) is 43.0 Å². The lowest BCUT2D eigenvalue weighted by molar-refractivity contribution is -0.128. The van der Waals surface area contributed by atoms with Crippen molar-refractivity contribution in [3.63, 3.8) is 0 Å². The monoisotopic (exact) mass is 482 g/mol. The van der Waals surface area contributed by atoms with E-state index >= 15 is 0 Å². The number of methoxy groups -OCH3 is 1. The Kier molecular flexibility index (Phi) is 8.23. The van der Waals surface area contributed by atoms with E-state index in [0.29, 0.717) is 24.9 Å². The number of thiophene rings is 1. The third kappa shape index (κ3) is 5.68. The molecule has 1 aliphatic rings. The van der Waals surface area contributed by atoms with Gasteiger partial charge in [-0.15, -0.1) is 28.1 Å². The molecule has 1 amide bonds. The van der Waals surface area contributed by atoms with Gasteiger partial charge in [-0.1, -0.05) is 55.3 Å². The number of hydrogen-bond acceptors (Lipinski definition) is 6. The predicted octanol–water partition coefficient (Wildman–Crippen LogP) is 5.83. The number of carbonyl (C=O) groups excluding carboxylic acids is 1. The van der Waals surface area contributed by atoms with Crippen LogP contribution in [0.3, 0.4) is 0 Å². The molecular weight excluding hydrogens is 452 g/mol. The van der Waals surface area contributed by atoms with Crippen molar-refractivity contribution in [1.82, 2.24) is 19.7 Å². The first kappa shape index (κ1) is 23.6. The van der Waals surface area contributed by atoms with Crippen LogP contribution in [0.5, 0.6) is 5.75 Å². The predicted molar refractivity (Wildman–Crippen MR) is 135 cm³/mol. The standard InChI is InChI=1S/C25H30N4O2S2/c1-3-15-28(17-20-12-9-16-32-20)23(30)18-33-25-27-26-24(21-13-7-8-14-22(21)31-2)29(25)19-10-5-4-6-11-19/h3,7-9,12-14,16,19H,1,4-6,10-11,15,17-18H2,2H3. The van der Waals surface area contributed by atoms with Crippen molar-refractivity contribution in [3.05, 3.63) is 59.3 Å². The van der Waals surface area contributed by atoms with Gasteiger partial charge >= 0.3 is 0 Å². The van der Waals surface area contributed by atoms with E-state index in [1.54, 1.807) is 24.5 Å². The van der Waals surface area contributed by atoms with Gasteiger partial charge in [0.2, 0.25) is 5.91 Å². The van der Waals surface area contributed by atoms with Crippen LogP contribution in [-0.2, 0) is 11.3 Å². The van der Waals surface area contributed by atoms with Gasteiger partial charge in [-0.05, 0) is 36.4 Å². The summed E-state index contributed by atoms with van der Waals surface area (Å²) in [5.41, 5.74) is 0.933. The third-order valence-electron chi connectivity index (χ3n) is 5.91. The summed E-state index contributed by atoms with van der Waals surface area (Å²) in [6.45, 7) is 4.95. The summed E-state index contributed by atoms with van der Waals surface area (Å²) in [6, 6.07) is 12.3. The Bertz CT molecular complexity index is 1060. The molecular formula is C25H30N4O2S2. The highest BCUT2D eigenvalue weighted by Crippen LogP contribution is 2.38. The van der Waals surface area contributed by atoms with Crippen molar-refractivity contribution in [3.8, 4) is 17.1 Å². The third-order valence-corrected chi connectivity index (χ3v) is 7.69. The lowest BCUT2D eigenvalue weighted by Crippen LogP contribution is -2.32. The average Bonchev–Trinajstić information content (AvgIpc) is 3.52. The molecule has 0 spiro atoms. The molecule has 6 nitrogen and oxygen atoms in total. The SMILES string of the molecule is C=CCN(Cc1cccs1)C(=O)CSc1nnc(-c2ccccc2OC)n1C1CCCCC1. The van der Waals surface area contributed by atoms with E-state index in [9.17, 15) is 4.79 Å². The zero-order valence-corrected chi connectivity index (χ0v) is 20.6. The number of amides is 1. The van der Waals surface area contributed by atoms with Gasteiger partial charge in [-0.2, -0.15) is 0 Å². The molecule has 1 aliphatic carbocycles. The minimum absolute atomic E-state index is 0.0744. The molecule has 0 bridgehead atoms. The minimum atomic E-state index is 0.0744. The van der Waals surface area contributed by atoms with Crippen LogP contribution in [0, 0.1) is 0 Å². The van der Waals surface area contributed by atoms with Crippen LogP contribution in [-0.4, -0.2) is 45.0 Å². The van der Waals surface area contributed by atoms with Crippen LogP contribution in [0.15, 0.2) is 59.6 Å². The Balaban J connectivity index is 1.57. The molecule has 2 heterocycles. The van der Waals surface area contributed by atoms with E-state index in [-0.39, 0.29) is 5.91 Å². The van der Waals surface area contributed by atoms with Crippen LogP contribution in [0.2, 0.25) is 0 Å². The zero-order valence-electron chi connectivity index (χ0n) is 19.0. The smallest absolute Gasteiger partial charge is 0.233 e. The maximum absolute atomic E-state index is 13.1. The van der Waals surface area contributed by atoms with Gasteiger partial charge in [-0.25, -0.2) is 0 Å². The van der Waals surface area contributed by atoms with Crippen molar-refractivity contribution in [2.75, 3.05) is 19.4 Å². The molecule has 1 fully saturated rings. The fraction of sp³-hybridized carbons (Fsp3) is 0.400. The van der Waals surface area contributed by atoms with Crippen molar-refractivity contribution < 1.29 is 9.53 Å². The van der Waals surface area contributed by atoms with Crippen LogP contribution in [0.4, 0.5) is 0 Å². The summed E-state index contributed by atoms with van der Waals surface area (Å²) in [6.07, 6.45) is 7.64. The maximum atomic E-state index is 13.1. The molecule has 0 radical (unpaired) electrons. The van der Waals surface area contributed by atoms with Crippen molar-refractivity contribution in [1.29, 1.82) is 0 Å². The first-order valence-electron chi connectivity index (χ1n) is 11.3. The lowest BCUT2D eigenvalue weighted by Gasteiger charge is -2.26. The zero-order chi connectivity index (χ0) is 23.0. The molecule has 0 unspecified atom stereocenters. The van der Waals surface area contributed by atoms with Gasteiger partial charge in [0.1, 0.15) is 5.75 Å². The Labute approximate surface area is 203 Å². The largest absolute Gasteiger partial charge is 0.496 e. The second-order valence-corrected chi connectivity index (χ2v) is 10.1. The van der Waals surface area contributed by atoms with E-state index in [0.717, 1.165) is 35.1 Å². The van der Waals surface area contributed by atoms with E-state index in [1.807, 2.05) is 40.6 Å². The quantitative estimate of drug-likeness (QED) is 0.269. The summed E-state index contributed by atoms with van der Waals surface area (Å²) in [5.74, 6) is 1.99. The molecule has 4 rings (SSSR count). The summed E-state index contributed by atoms with van der Waals surface area (Å²) in [7, 11) is 1.68. The average molecular weight is 483 g/mol. The molecule has 0 atom stereocenters. The second-order valence-electron chi connectivity index (χ2n) is 8.10. The van der Waals surface area contributed by atoms with Gasteiger partial charge in [-0.3, -0.25) is 9.36 Å². The van der Waals surface area contributed by atoms with E-state index in [4.69, 9.17) is 4.74 Å². The number of thioether (sulfide) groups is 1. The number of aromatic nitrogens is 3. The maximum Gasteiger partial charge on any atom is 0.233 e. The number of para-hydroxylation sites is 1. The van der Waals surface area contributed by atoms with Crippen molar-refractivity contribution in [2.45, 2.75) is 49.8 Å². The number of rotatable bonds is 10. The molecule has 174 valence electrons. The molecule has 0 saturated heterocycles. The molecule has 3 aromatic rings. The van der Waals surface area contributed by atoms with E-state index < -0.39 is 0 Å². The Hall–Kier alpha value is -2.58. The Morgan fingerprint density at radius 3 is 2.79 bits per heavy atom. The van der Waals surface area contributed by atoms with Gasteiger partial charge in [0.15, 0.2) is 11.0 Å². The van der Waals surface area contributed by atoms with Crippen LogP contribution in [0.25, 0.3) is 11.4 Å². The molecule has 1 aromatic carbocycles. The second kappa shape index (κ2) is 11.5. The fourth-order valence-corrected chi connectivity index (χ4v) is 5.90. The van der Waals surface area contributed by atoms with E-state index in [1.165, 1.54) is 35.9 Å². The first-order chi connectivity index (χ1) is 16.2. The summed E-state index contributed by atoms with van der Waals surface area (Å²) >= 11 is 3.13. The van der Waals surface area contributed by atoms with Gasteiger partial charge < -0.3 is 9.64 Å². The lowest BCUT2D eigenvalue weighted by atomic mass is 9.95. The molecule has 33 heavy (non-hydrogen) atoms. The van der Waals surface area contributed by atoms with E-state index in [2.05, 4.69) is 27.4 Å². The number of carbonyl (C=O) groups is 1. The van der Waals surface area contributed by atoms with Crippen molar-refractivity contribution >= 4 is 29.0 Å². The highest BCUT2D eigenvalue weighted by Gasteiger charge is 2.26.